The second kappa shape index (κ2) is 5.09. The molecule has 0 bridgehead atoms. The summed E-state index contributed by atoms with van der Waals surface area (Å²) in [6.45, 7) is 4.04. The third-order valence-corrected chi connectivity index (χ3v) is 4.05. The summed E-state index contributed by atoms with van der Waals surface area (Å²) in [6.07, 6.45) is 1.52. The van der Waals surface area contributed by atoms with Crippen molar-refractivity contribution >= 4 is 21.6 Å². The topological polar surface area (TPSA) is 44.2 Å². The van der Waals surface area contributed by atoms with E-state index in [4.69, 9.17) is 9.47 Å². The van der Waals surface area contributed by atoms with Gasteiger partial charge in [0.25, 0.3) is 0 Å². The Balaban J connectivity index is 2.07. The molecular formula is C15H14N2O2S. The Morgan fingerprint density at radius 3 is 2.75 bits per heavy atom. The fraction of sp³-hybridized carbons (Fsp3) is 0.200. The number of fused-ring (bicyclic) bond motifs is 1. The molecule has 0 unspecified atom stereocenters. The van der Waals surface area contributed by atoms with Crippen LogP contribution in [0.1, 0.15) is 11.1 Å². The van der Waals surface area contributed by atoms with Crippen molar-refractivity contribution in [3.63, 3.8) is 0 Å². The van der Waals surface area contributed by atoms with E-state index >= 15 is 0 Å². The maximum absolute atomic E-state index is 5.94. The maximum Gasteiger partial charge on any atom is 0.231 e. The van der Waals surface area contributed by atoms with Crippen LogP contribution in [0.4, 0.5) is 0 Å². The first kappa shape index (κ1) is 12.9. The van der Waals surface area contributed by atoms with Gasteiger partial charge in [0, 0.05) is 0 Å². The summed E-state index contributed by atoms with van der Waals surface area (Å²) in [7, 11) is 1.63. The molecule has 0 aliphatic carbocycles. The van der Waals surface area contributed by atoms with E-state index < -0.39 is 0 Å². The third kappa shape index (κ3) is 2.20. The highest BCUT2D eigenvalue weighted by Crippen LogP contribution is 2.36. The van der Waals surface area contributed by atoms with E-state index in [-0.39, 0.29) is 0 Å². The Morgan fingerprint density at radius 2 is 1.95 bits per heavy atom. The first-order chi connectivity index (χ1) is 9.69. The lowest BCUT2D eigenvalue weighted by Gasteiger charge is -2.11. The number of thiophene rings is 1. The zero-order valence-electron chi connectivity index (χ0n) is 11.5. The lowest BCUT2D eigenvalue weighted by atomic mass is 10.2. The Morgan fingerprint density at radius 1 is 1.10 bits per heavy atom. The van der Waals surface area contributed by atoms with Crippen molar-refractivity contribution in [3.05, 3.63) is 41.0 Å². The Kier molecular flexibility index (Phi) is 3.28. The van der Waals surface area contributed by atoms with Crippen molar-refractivity contribution in [2.45, 2.75) is 13.8 Å². The summed E-state index contributed by atoms with van der Waals surface area (Å²) in [6, 6.07) is 5.81. The monoisotopic (exact) mass is 286 g/mol. The molecule has 0 saturated heterocycles. The third-order valence-electron chi connectivity index (χ3n) is 3.05. The molecule has 3 rings (SSSR count). The first-order valence-corrected chi connectivity index (χ1v) is 7.08. The average molecular weight is 286 g/mol. The number of benzene rings is 1. The van der Waals surface area contributed by atoms with E-state index in [1.165, 1.54) is 6.33 Å². The van der Waals surface area contributed by atoms with Crippen LogP contribution in [0.5, 0.6) is 17.4 Å². The van der Waals surface area contributed by atoms with Crippen LogP contribution in [0.25, 0.3) is 10.2 Å². The predicted molar refractivity (Wildman–Crippen MR) is 80.0 cm³/mol. The number of rotatable bonds is 3. The molecule has 2 heterocycles. The van der Waals surface area contributed by atoms with Crippen molar-refractivity contribution in [3.8, 4) is 17.4 Å². The minimum Gasteiger partial charge on any atom is -0.493 e. The summed E-state index contributed by atoms with van der Waals surface area (Å²) in [5, 5.41) is 3.01. The number of hydrogen-bond acceptors (Lipinski definition) is 5. The zero-order valence-corrected chi connectivity index (χ0v) is 12.3. The summed E-state index contributed by atoms with van der Waals surface area (Å²) >= 11 is 1.59. The van der Waals surface area contributed by atoms with E-state index in [9.17, 15) is 0 Å². The number of hydrogen-bond donors (Lipinski definition) is 0. The SMILES string of the molecule is COc1cc(C)ccc1Oc1ncnc2scc(C)c12. The molecule has 2 aromatic heterocycles. The predicted octanol–water partition coefficient (Wildman–Crippen LogP) is 4.11. The van der Waals surface area contributed by atoms with Crippen molar-refractivity contribution < 1.29 is 9.47 Å². The molecule has 5 heteroatoms. The highest BCUT2D eigenvalue weighted by molar-refractivity contribution is 7.17. The van der Waals surface area contributed by atoms with Crippen LogP contribution in [0.2, 0.25) is 0 Å². The second-order valence-electron chi connectivity index (χ2n) is 4.53. The average Bonchev–Trinajstić information content (AvgIpc) is 2.83. The summed E-state index contributed by atoms with van der Waals surface area (Å²) in [5.41, 5.74) is 2.24. The Bertz CT molecular complexity index is 768. The summed E-state index contributed by atoms with van der Waals surface area (Å²) < 4.78 is 11.3. The standard InChI is InChI=1S/C15H14N2O2S/c1-9-4-5-11(12(6-9)18-3)19-14-13-10(2)7-20-15(13)17-8-16-14/h4-8H,1-3H3. The van der Waals surface area contributed by atoms with Gasteiger partial charge in [-0.25, -0.2) is 9.97 Å². The van der Waals surface area contributed by atoms with Crippen LogP contribution < -0.4 is 9.47 Å². The van der Waals surface area contributed by atoms with Crippen molar-refractivity contribution in [1.82, 2.24) is 9.97 Å². The van der Waals surface area contributed by atoms with E-state index in [0.29, 0.717) is 17.4 Å². The van der Waals surface area contributed by atoms with E-state index in [0.717, 1.165) is 21.3 Å². The van der Waals surface area contributed by atoms with Crippen molar-refractivity contribution in [2.24, 2.45) is 0 Å². The molecule has 0 radical (unpaired) electrons. The van der Waals surface area contributed by atoms with Gasteiger partial charge in [-0.1, -0.05) is 6.07 Å². The molecule has 0 N–H and O–H groups in total. The molecule has 3 aromatic rings. The van der Waals surface area contributed by atoms with Crippen molar-refractivity contribution in [1.29, 1.82) is 0 Å². The van der Waals surface area contributed by atoms with E-state index in [1.54, 1.807) is 18.4 Å². The Hall–Kier alpha value is -2.14. The van der Waals surface area contributed by atoms with Crippen LogP contribution >= 0.6 is 11.3 Å². The fourth-order valence-electron chi connectivity index (χ4n) is 2.02. The minimum absolute atomic E-state index is 0.566. The minimum atomic E-state index is 0.566. The van der Waals surface area contributed by atoms with Gasteiger partial charge < -0.3 is 9.47 Å². The summed E-state index contributed by atoms with van der Waals surface area (Å²) in [4.78, 5) is 9.44. The van der Waals surface area contributed by atoms with Gasteiger partial charge >= 0.3 is 0 Å². The zero-order chi connectivity index (χ0) is 14.1. The summed E-state index contributed by atoms with van der Waals surface area (Å²) in [5.74, 6) is 1.92. The van der Waals surface area contributed by atoms with Gasteiger partial charge in [-0.2, -0.15) is 0 Å². The molecule has 4 nitrogen and oxygen atoms in total. The normalized spacial score (nSPS) is 10.8. The molecule has 20 heavy (non-hydrogen) atoms. The van der Waals surface area contributed by atoms with Crippen LogP contribution in [0.15, 0.2) is 29.9 Å². The van der Waals surface area contributed by atoms with Crippen LogP contribution in [-0.4, -0.2) is 17.1 Å². The number of ether oxygens (including phenoxy) is 2. The van der Waals surface area contributed by atoms with Gasteiger partial charge in [0.15, 0.2) is 11.5 Å². The molecule has 0 fully saturated rings. The van der Waals surface area contributed by atoms with Gasteiger partial charge in [0.2, 0.25) is 5.88 Å². The number of nitrogens with zero attached hydrogens (tertiary/aromatic N) is 2. The van der Waals surface area contributed by atoms with Crippen LogP contribution in [0.3, 0.4) is 0 Å². The largest absolute Gasteiger partial charge is 0.493 e. The van der Waals surface area contributed by atoms with Gasteiger partial charge in [-0.3, -0.25) is 0 Å². The smallest absolute Gasteiger partial charge is 0.231 e. The number of methoxy groups -OCH3 is 1. The second-order valence-corrected chi connectivity index (χ2v) is 5.39. The molecule has 1 aromatic carbocycles. The quantitative estimate of drug-likeness (QED) is 0.727. The highest BCUT2D eigenvalue weighted by Gasteiger charge is 2.13. The molecule has 0 spiro atoms. The van der Waals surface area contributed by atoms with Crippen molar-refractivity contribution in [2.75, 3.05) is 7.11 Å². The van der Waals surface area contributed by atoms with E-state index in [2.05, 4.69) is 15.3 Å². The van der Waals surface area contributed by atoms with Gasteiger partial charge in [0.05, 0.1) is 12.5 Å². The molecule has 102 valence electrons. The maximum atomic E-state index is 5.94. The lowest BCUT2D eigenvalue weighted by molar-refractivity contribution is 0.375. The molecule has 0 aliphatic rings. The van der Waals surface area contributed by atoms with Crippen LogP contribution in [-0.2, 0) is 0 Å². The highest BCUT2D eigenvalue weighted by atomic mass is 32.1. The molecular weight excluding hydrogens is 272 g/mol. The number of aromatic nitrogens is 2. The van der Waals surface area contributed by atoms with Crippen LogP contribution in [0, 0.1) is 13.8 Å². The van der Waals surface area contributed by atoms with Gasteiger partial charge in [0.1, 0.15) is 11.2 Å². The fourth-order valence-corrected chi connectivity index (χ4v) is 2.91. The first-order valence-electron chi connectivity index (χ1n) is 6.20. The van der Waals surface area contributed by atoms with E-state index in [1.807, 2.05) is 32.0 Å². The lowest BCUT2D eigenvalue weighted by Crippen LogP contribution is -1.94. The molecule has 0 amide bonds. The molecule has 0 saturated carbocycles. The number of aryl methyl sites for hydroxylation is 2. The van der Waals surface area contributed by atoms with Gasteiger partial charge in [-0.15, -0.1) is 11.3 Å². The molecule has 0 aliphatic heterocycles. The Labute approximate surface area is 121 Å². The van der Waals surface area contributed by atoms with Gasteiger partial charge in [-0.05, 0) is 42.5 Å². The molecule has 0 atom stereocenters.